The molecule has 0 amide bonds. The van der Waals surface area contributed by atoms with Crippen molar-refractivity contribution < 1.29 is 124 Å². The highest BCUT2D eigenvalue weighted by atomic mass is 16.6. The van der Waals surface area contributed by atoms with Crippen LogP contribution in [0.3, 0.4) is 0 Å². The van der Waals surface area contributed by atoms with Gasteiger partial charge in [0.05, 0.1) is 88.3 Å². The number of hydrogen-bond acceptors (Lipinski definition) is 26. The van der Waals surface area contributed by atoms with Crippen molar-refractivity contribution in [3.05, 3.63) is 278 Å². The van der Waals surface area contributed by atoms with Gasteiger partial charge in [0.25, 0.3) is 0 Å². The zero-order chi connectivity index (χ0) is 99.5. The third-order valence-corrected chi connectivity index (χ3v) is 22.3. The van der Waals surface area contributed by atoms with E-state index in [1.165, 1.54) is 60.7 Å². The molecule has 9 aromatic rings. The lowest BCUT2D eigenvalue weighted by Crippen LogP contribution is -2.16. The predicted octanol–water partition coefficient (Wildman–Crippen LogP) is 25.3. The maximum atomic E-state index is 15.2. The fraction of sp³-hybridized carbons (Fsp3) is 0.368. The Morgan fingerprint density at radius 1 is 0.200 bits per heavy atom. The second-order valence-electron chi connectivity index (χ2n) is 33.1. The zero-order valence-electron chi connectivity index (χ0n) is 80.5. The maximum Gasteiger partial charge on any atom is 0.347 e. The normalized spacial score (nSPS) is 10.8. The first-order valence-corrected chi connectivity index (χ1v) is 48.7. The third-order valence-electron chi connectivity index (χ3n) is 22.3. The lowest BCUT2D eigenvalue weighted by Gasteiger charge is -2.16. The molecule has 9 rings (SSSR count). The summed E-state index contributed by atoms with van der Waals surface area (Å²) in [6.07, 6.45) is 31.2. The lowest BCUT2D eigenvalue weighted by atomic mass is 9.99. The Morgan fingerprint density at radius 2 is 0.414 bits per heavy atom. The number of unbranched alkanes of at least 4 members (excludes halogenated alkanes) is 24. The molecule has 0 fully saturated rings. The Kier molecular flexibility index (Phi) is 49.1. The minimum atomic E-state index is -0.998. The molecule has 0 saturated heterocycles. The molecule has 0 bridgehead atoms. The van der Waals surface area contributed by atoms with Crippen molar-refractivity contribution in [1.82, 2.24) is 0 Å². The third kappa shape index (κ3) is 39.9. The Hall–Kier alpha value is -14.6. The van der Waals surface area contributed by atoms with Gasteiger partial charge in [-0.3, -0.25) is 0 Å². The van der Waals surface area contributed by atoms with Crippen LogP contribution in [0.4, 0.5) is 0 Å². The standard InChI is InChI=1S/C114H130O26/c1-7-13-15-17-19-21-35-73-129-101-65-53-89(79-103(101)139-113(123)97-81-95(135-109(119)85-45-55-91(56-46-85)125-69-31-23-27-37-75-131-105(115)9-3)63-67-99(97)137-111(121)87-49-59-93(60-50-87)127-71-33-25-29-39-77-133-107(117)11-5)83-41-43-84(44-42-83)90-54-66-102(130-74-36-22-20-18-16-14-8-2)104(80-90)140-114(124)98-82-96(136-110(120)86-47-57-92(58-48-86)126-70-32-24-28-38-76-132-106(116)10-4)64-68-100(98)138-112(122)88-51-61-94(62-52-88)128-72-34-26-30-40-78-134-108(118)12-6/h9-12,41-68,79-82H,3-8,13-40,69-78H2,1-2H3. The van der Waals surface area contributed by atoms with Gasteiger partial charge in [-0.2, -0.15) is 0 Å². The minimum Gasteiger partial charge on any atom is -0.494 e. The highest BCUT2D eigenvalue weighted by molar-refractivity contribution is 6.00. The number of ether oxygens (including phenoxy) is 16. The Labute approximate surface area is 820 Å². The largest absolute Gasteiger partial charge is 0.494 e. The molecule has 0 heterocycles. The quantitative estimate of drug-likeness (QED) is 0.0112. The van der Waals surface area contributed by atoms with Crippen LogP contribution in [-0.2, 0) is 38.1 Å². The van der Waals surface area contributed by atoms with E-state index < -0.39 is 59.7 Å². The molecule has 26 heteroatoms. The van der Waals surface area contributed by atoms with Crippen molar-refractivity contribution in [2.24, 2.45) is 0 Å². The minimum absolute atomic E-state index is 0.0137. The van der Waals surface area contributed by atoms with Gasteiger partial charge in [-0.25, -0.2) is 47.9 Å². The van der Waals surface area contributed by atoms with E-state index in [-0.39, 0.29) is 92.6 Å². The fourth-order valence-electron chi connectivity index (χ4n) is 14.4. The average Bonchev–Trinajstić information content (AvgIpc) is 0.801. The van der Waals surface area contributed by atoms with Crippen LogP contribution in [0.2, 0.25) is 0 Å². The van der Waals surface area contributed by atoms with Crippen LogP contribution in [0.1, 0.15) is 269 Å². The summed E-state index contributed by atoms with van der Waals surface area (Å²) in [6.45, 7) is 21.4. The topological polar surface area (TPSA) is 318 Å². The second-order valence-corrected chi connectivity index (χ2v) is 33.1. The van der Waals surface area contributed by atoms with Crippen LogP contribution >= 0.6 is 0 Å². The van der Waals surface area contributed by atoms with Crippen molar-refractivity contribution in [3.8, 4) is 91.2 Å². The number of rotatable bonds is 68. The molecule has 0 saturated carbocycles. The highest BCUT2D eigenvalue weighted by Gasteiger charge is 2.27. The average molecular weight is 1920 g/mol. The molecule has 0 spiro atoms. The zero-order valence-corrected chi connectivity index (χ0v) is 80.5. The number of esters is 10. The fourth-order valence-corrected chi connectivity index (χ4v) is 14.4. The Morgan fingerprint density at radius 3 is 0.679 bits per heavy atom. The summed E-state index contributed by atoms with van der Waals surface area (Å²) in [5.74, 6) is -5.07. The van der Waals surface area contributed by atoms with Crippen molar-refractivity contribution in [3.63, 3.8) is 0 Å². The van der Waals surface area contributed by atoms with Gasteiger partial charge in [-0.15, -0.1) is 0 Å². The molecule has 0 aliphatic rings. The van der Waals surface area contributed by atoms with Crippen LogP contribution in [0.5, 0.6) is 69.0 Å². The highest BCUT2D eigenvalue weighted by Crippen LogP contribution is 2.40. The van der Waals surface area contributed by atoms with E-state index in [0.29, 0.717) is 137 Å². The summed E-state index contributed by atoms with van der Waals surface area (Å²) < 4.78 is 93.6. The molecular formula is C114H130O26. The molecule has 742 valence electrons. The number of carbonyl (C=O) groups excluding carboxylic acids is 10. The smallest absolute Gasteiger partial charge is 0.347 e. The van der Waals surface area contributed by atoms with E-state index in [1.54, 1.807) is 97.1 Å². The van der Waals surface area contributed by atoms with Crippen molar-refractivity contribution in [1.29, 1.82) is 0 Å². The van der Waals surface area contributed by atoms with Gasteiger partial charge in [-0.05, 0) is 296 Å². The number of hydrogen-bond donors (Lipinski definition) is 0. The van der Waals surface area contributed by atoms with Gasteiger partial charge < -0.3 is 75.8 Å². The summed E-state index contributed by atoms with van der Waals surface area (Å²) in [5, 5.41) is 0. The van der Waals surface area contributed by atoms with E-state index in [2.05, 4.69) is 40.2 Å². The van der Waals surface area contributed by atoms with Crippen LogP contribution in [0.15, 0.2) is 245 Å². The molecule has 0 radical (unpaired) electrons. The van der Waals surface area contributed by atoms with Crippen molar-refractivity contribution >= 4 is 59.7 Å². The second kappa shape index (κ2) is 63.0. The maximum absolute atomic E-state index is 15.2. The number of benzene rings is 9. The monoisotopic (exact) mass is 1910 g/mol. The summed E-state index contributed by atoms with van der Waals surface area (Å²) in [4.78, 5) is 132. The van der Waals surface area contributed by atoms with Gasteiger partial charge >= 0.3 is 59.7 Å². The van der Waals surface area contributed by atoms with Crippen LogP contribution < -0.4 is 56.8 Å². The molecule has 0 unspecified atom stereocenters. The van der Waals surface area contributed by atoms with E-state index in [0.717, 1.165) is 178 Å². The van der Waals surface area contributed by atoms with Crippen LogP contribution in [-0.4, -0.2) is 126 Å². The molecule has 0 aliphatic heterocycles. The van der Waals surface area contributed by atoms with Gasteiger partial charge in [-0.1, -0.05) is 154 Å². The Bertz CT molecular complexity index is 5110. The van der Waals surface area contributed by atoms with E-state index >= 15 is 9.59 Å². The molecule has 140 heavy (non-hydrogen) atoms. The van der Waals surface area contributed by atoms with E-state index in [1.807, 2.05) is 36.4 Å². The van der Waals surface area contributed by atoms with E-state index in [9.17, 15) is 38.4 Å². The van der Waals surface area contributed by atoms with Crippen LogP contribution in [0.25, 0.3) is 22.3 Å². The lowest BCUT2D eigenvalue weighted by molar-refractivity contribution is -0.138. The molecule has 0 aromatic heterocycles. The van der Waals surface area contributed by atoms with Gasteiger partial charge in [0.15, 0.2) is 23.0 Å². The first-order chi connectivity index (χ1) is 68.3. The summed E-state index contributed by atoms with van der Waals surface area (Å²) in [7, 11) is 0. The summed E-state index contributed by atoms with van der Waals surface area (Å²) in [6, 6.07) is 51.3. The Balaban J connectivity index is 0.979. The SMILES string of the molecule is C=CC(=O)OCCCCCCOc1ccc(C(=O)Oc2ccc(OC(=O)c3ccc(OCCCCCCOC(=O)C=C)cc3)c(C(=O)Oc3cc(-c4ccc(-c5ccc(OCCCCCCCCC)c(OC(=O)c6cc(OC(=O)c7ccc(OCCCCCCOC(=O)C=C)cc7)ccc6OC(=O)c6ccc(OCCCCCCOC(=O)C=C)cc6)c5)cc4)ccc3OCCCCCCCCC)c2)cc1. The van der Waals surface area contributed by atoms with Gasteiger partial charge in [0, 0.05) is 24.3 Å². The molecule has 9 aromatic carbocycles. The summed E-state index contributed by atoms with van der Waals surface area (Å²) in [5.41, 5.74) is 2.57. The summed E-state index contributed by atoms with van der Waals surface area (Å²) >= 11 is 0. The first-order valence-electron chi connectivity index (χ1n) is 48.7. The molecule has 0 atom stereocenters. The van der Waals surface area contributed by atoms with Gasteiger partial charge in [0.1, 0.15) is 57.1 Å². The molecule has 0 aliphatic carbocycles. The molecular weight excluding hydrogens is 1790 g/mol. The van der Waals surface area contributed by atoms with Crippen molar-refractivity contribution in [2.45, 2.75) is 206 Å². The van der Waals surface area contributed by atoms with Crippen molar-refractivity contribution in [2.75, 3.05) is 66.1 Å². The van der Waals surface area contributed by atoms with Gasteiger partial charge in [0.2, 0.25) is 0 Å². The predicted molar refractivity (Wildman–Crippen MR) is 533 cm³/mol. The first kappa shape index (κ1) is 109. The molecule has 26 nitrogen and oxygen atoms in total. The van der Waals surface area contributed by atoms with E-state index in [4.69, 9.17) is 75.8 Å². The molecule has 0 N–H and O–H groups in total. The van der Waals surface area contributed by atoms with Crippen LogP contribution in [0, 0.1) is 0 Å². The number of carbonyl (C=O) groups is 10.